The van der Waals surface area contributed by atoms with Gasteiger partial charge in [-0.05, 0) is 30.5 Å². The molecule has 0 amide bonds. The van der Waals surface area contributed by atoms with Crippen molar-refractivity contribution in [2.24, 2.45) is 10.9 Å². The Balaban J connectivity index is 0.00000280. The van der Waals surface area contributed by atoms with Crippen molar-refractivity contribution < 1.29 is 9.26 Å². The van der Waals surface area contributed by atoms with Crippen molar-refractivity contribution in [3.05, 3.63) is 35.7 Å². The molecule has 1 atom stereocenters. The molecular weight excluding hydrogens is 469 g/mol. The Morgan fingerprint density at radius 1 is 1.36 bits per heavy atom. The van der Waals surface area contributed by atoms with E-state index in [-0.39, 0.29) is 24.0 Å². The van der Waals surface area contributed by atoms with Crippen molar-refractivity contribution in [1.29, 1.82) is 0 Å². The monoisotopic (exact) mass is 499 g/mol. The van der Waals surface area contributed by atoms with Crippen molar-refractivity contribution in [3.8, 4) is 11.5 Å². The molecule has 1 fully saturated rings. The first-order chi connectivity index (χ1) is 13.2. The summed E-state index contributed by atoms with van der Waals surface area (Å²) in [7, 11) is 3.61. The molecule has 0 aliphatic carbocycles. The molecule has 28 heavy (non-hydrogen) atoms. The Morgan fingerprint density at radius 2 is 2.14 bits per heavy atom. The van der Waals surface area contributed by atoms with E-state index in [1.54, 1.807) is 7.11 Å². The van der Waals surface area contributed by atoms with Gasteiger partial charge in [0.2, 0.25) is 0 Å². The fourth-order valence-corrected chi connectivity index (χ4v) is 3.38. The molecule has 0 spiro atoms. The SMILES string of the molecule is CCc1noc(-c2ccc(CCNC(=NC)N3CCC(COC)C3)cc2)n1.I. The average Bonchev–Trinajstić information content (AvgIpc) is 3.36. The van der Waals surface area contributed by atoms with Crippen LogP contribution in [0.3, 0.4) is 0 Å². The molecule has 1 N–H and O–H groups in total. The topological polar surface area (TPSA) is 75.8 Å². The lowest BCUT2D eigenvalue weighted by Crippen LogP contribution is -2.41. The van der Waals surface area contributed by atoms with Crippen molar-refractivity contribution in [2.75, 3.05) is 40.4 Å². The molecule has 0 saturated carbocycles. The third kappa shape index (κ3) is 5.91. The third-order valence-corrected chi connectivity index (χ3v) is 4.88. The van der Waals surface area contributed by atoms with Gasteiger partial charge in [-0.2, -0.15) is 4.98 Å². The largest absolute Gasteiger partial charge is 0.384 e. The molecule has 1 unspecified atom stereocenters. The summed E-state index contributed by atoms with van der Waals surface area (Å²) in [6, 6.07) is 8.29. The molecule has 2 heterocycles. The number of rotatable bonds is 7. The van der Waals surface area contributed by atoms with E-state index in [4.69, 9.17) is 9.26 Å². The molecule has 1 aliphatic heterocycles. The highest BCUT2D eigenvalue weighted by molar-refractivity contribution is 14.0. The first-order valence-corrected chi connectivity index (χ1v) is 9.60. The number of hydrogen-bond donors (Lipinski definition) is 1. The molecule has 0 radical (unpaired) electrons. The molecule has 1 aromatic heterocycles. The first-order valence-electron chi connectivity index (χ1n) is 9.60. The lowest BCUT2D eigenvalue weighted by molar-refractivity contribution is 0.157. The average molecular weight is 499 g/mol. The van der Waals surface area contributed by atoms with Crippen LogP contribution in [0.25, 0.3) is 11.5 Å². The van der Waals surface area contributed by atoms with E-state index in [2.05, 4.69) is 37.5 Å². The maximum Gasteiger partial charge on any atom is 0.257 e. The van der Waals surface area contributed by atoms with Gasteiger partial charge < -0.3 is 19.5 Å². The zero-order chi connectivity index (χ0) is 19.1. The van der Waals surface area contributed by atoms with Gasteiger partial charge in [-0.1, -0.05) is 24.2 Å². The van der Waals surface area contributed by atoms with Crippen LogP contribution in [0.1, 0.15) is 24.7 Å². The van der Waals surface area contributed by atoms with Crippen molar-refractivity contribution in [3.63, 3.8) is 0 Å². The van der Waals surface area contributed by atoms with Gasteiger partial charge in [-0.3, -0.25) is 4.99 Å². The molecule has 0 bridgehead atoms. The fourth-order valence-electron chi connectivity index (χ4n) is 3.38. The quantitative estimate of drug-likeness (QED) is 0.359. The zero-order valence-corrected chi connectivity index (χ0v) is 19.2. The predicted octanol–water partition coefficient (Wildman–Crippen LogP) is 3.00. The lowest BCUT2D eigenvalue weighted by atomic mass is 10.1. The van der Waals surface area contributed by atoms with Gasteiger partial charge in [0.15, 0.2) is 11.8 Å². The molecule has 3 rings (SSSR count). The second kappa shape index (κ2) is 11.4. The smallest absolute Gasteiger partial charge is 0.257 e. The molecule has 7 nitrogen and oxygen atoms in total. The first kappa shape index (κ1) is 22.6. The number of benzene rings is 1. The maximum atomic E-state index is 5.29. The lowest BCUT2D eigenvalue weighted by Gasteiger charge is -2.21. The third-order valence-electron chi connectivity index (χ3n) is 4.88. The van der Waals surface area contributed by atoms with Crippen LogP contribution >= 0.6 is 24.0 Å². The number of methoxy groups -OCH3 is 1. The second-order valence-corrected chi connectivity index (χ2v) is 6.85. The Kier molecular flexibility index (Phi) is 9.17. The molecule has 1 saturated heterocycles. The van der Waals surface area contributed by atoms with Crippen molar-refractivity contribution in [1.82, 2.24) is 20.4 Å². The van der Waals surface area contributed by atoms with Gasteiger partial charge in [-0.25, -0.2) is 0 Å². The minimum absolute atomic E-state index is 0. The summed E-state index contributed by atoms with van der Waals surface area (Å²) < 4.78 is 10.6. The maximum absolute atomic E-state index is 5.29. The van der Waals surface area contributed by atoms with Gasteiger partial charge in [0.05, 0.1) is 6.61 Å². The zero-order valence-electron chi connectivity index (χ0n) is 16.9. The summed E-state index contributed by atoms with van der Waals surface area (Å²) in [6.45, 7) is 5.72. The van der Waals surface area contributed by atoms with E-state index in [1.165, 1.54) is 5.56 Å². The molecule has 8 heteroatoms. The number of likely N-dealkylation sites (tertiary alicyclic amines) is 1. The number of hydrogen-bond acceptors (Lipinski definition) is 5. The number of halogens is 1. The molecule has 2 aromatic rings. The highest BCUT2D eigenvalue weighted by Crippen LogP contribution is 2.18. The number of aliphatic imine (C=N–C) groups is 1. The van der Waals surface area contributed by atoms with E-state index < -0.39 is 0 Å². The predicted molar refractivity (Wildman–Crippen MR) is 121 cm³/mol. The summed E-state index contributed by atoms with van der Waals surface area (Å²) in [6.07, 6.45) is 2.86. The molecule has 154 valence electrons. The normalized spacial score (nSPS) is 16.9. The number of nitrogens with zero attached hydrogens (tertiary/aromatic N) is 4. The standard InChI is InChI=1S/C20H29N5O2.HI/c1-4-18-23-19(27-24-18)17-7-5-15(6-8-17)9-11-22-20(21-2)25-12-10-16(13-25)14-26-3;/h5-8,16H,4,9-14H2,1-3H3,(H,21,22);1H. The molecule has 1 aromatic carbocycles. The van der Waals surface area contributed by atoms with Gasteiger partial charge >= 0.3 is 0 Å². The summed E-state index contributed by atoms with van der Waals surface area (Å²) in [5.74, 6) is 2.89. The number of guanidine groups is 1. The Hall–Kier alpha value is -1.68. The summed E-state index contributed by atoms with van der Waals surface area (Å²) in [5, 5.41) is 7.42. The number of ether oxygens (including phenoxy) is 1. The van der Waals surface area contributed by atoms with Crippen LogP contribution in [-0.2, 0) is 17.6 Å². The van der Waals surface area contributed by atoms with E-state index in [0.29, 0.717) is 11.8 Å². The van der Waals surface area contributed by atoms with E-state index >= 15 is 0 Å². The van der Waals surface area contributed by atoms with Gasteiger partial charge in [-0.15, -0.1) is 24.0 Å². The fraction of sp³-hybridized carbons (Fsp3) is 0.550. The Bertz CT molecular complexity index is 747. The highest BCUT2D eigenvalue weighted by Gasteiger charge is 2.24. The van der Waals surface area contributed by atoms with Crippen LogP contribution < -0.4 is 5.32 Å². The van der Waals surface area contributed by atoms with Gasteiger partial charge in [0, 0.05) is 51.7 Å². The van der Waals surface area contributed by atoms with Gasteiger partial charge in [0.1, 0.15) is 0 Å². The minimum atomic E-state index is 0. The second-order valence-electron chi connectivity index (χ2n) is 6.85. The summed E-state index contributed by atoms with van der Waals surface area (Å²) >= 11 is 0. The molecular formula is C20H30IN5O2. The van der Waals surface area contributed by atoms with Crippen molar-refractivity contribution >= 4 is 29.9 Å². The van der Waals surface area contributed by atoms with E-state index in [1.807, 2.05) is 26.1 Å². The van der Waals surface area contributed by atoms with E-state index in [0.717, 1.165) is 62.9 Å². The van der Waals surface area contributed by atoms with Crippen LogP contribution in [-0.4, -0.2) is 61.4 Å². The Morgan fingerprint density at radius 3 is 2.79 bits per heavy atom. The number of aryl methyl sites for hydroxylation is 1. The van der Waals surface area contributed by atoms with Crippen LogP contribution in [0.2, 0.25) is 0 Å². The van der Waals surface area contributed by atoms with Gasteiger partial charge in [0.25, 0.3) is 5.89 Å². The van der Waals surface area contributed by atoms with E-state index in [9.17, 15) is 0 Å². The minimum Gasteiger partial charge on any atom is -0.384 e. The van der Waals surface area contributed by atoms with Crippen LogP contribution in [0.5, 0.6) is 0 Å². The highest BCUT2D eigenvalue weighted by atomic mass is 127. The van der Waals surface area contributed by atoms with Crippen LogP contribution in [0.15, 0.2) is 33.8 Å². The molecule has 1 aliphatic rings. The van der Waals surface area contributed by atoms with Crippen molar-refractivity contribution in [2.45, 2.75) is 26.2 Å². The van der Waals surface area contributed by atoms with Crippen LogP contribution in [0, 0.1) is 5.92 Å². The van der Waals surface area contributed by atoms with Crippen LogP contribution in [0.4, 0.5) is 0 Å². The number of nitrogens with one attached hydrogen (secondary N) is 1. The summed E-state index contributed by atoms with van der Waals surface area (Å²) in [4.78, 5) is 11.1. The Labute approximate surface area is 184 Å². The number of aromatic nitrogens is 2. The summed E-state index contributed by atoms with van der Waals surface area (Å²) in [5.41, 5.74) is 2.21.